The Balaban J connectivity index is 1.85. The average molecular weight is 396 g/mol. The third-order valence-corrected chi connectivity index (χ3v) is 10.1. The quantitative estimate of drug-likeness (QED) is 0.759. The first-order valence-electron chi connectivity index (χ1n) is 9.55. The van der Waals surface area contributed by atoms with Crippen LogP contribution >= 0.6 is 0 Å². The molecule has 1 aliphatic rings. The summed E-state index contributed by atoms with van der Waals surface area (Å²) in [5.41, 5.74) is 10.3. The van der Waals surface area contributed by atoms with Gasteiger partial charge in [0, 0.05) is 11.1 Å². The van der Waals surface area contributed by atoms with Gasteiger partial charge in [-0.15, -0.1) is 0 Å². The van der Waals surface area contributed by atoms with Crippen molar-refractivity contribution in [3.63, 3.8) is 0 Å². The highest BCUT2D eigenvalue weighted by Crippen LogP contribution is 2.37. The molecule has 2 aromatic carbocycles. The van der Waals surface area contributed by atoms with E-state index in [0.717, 1.165) is 28.1 Å². The number of carbonyl (C=O) groups excluding carboxylic acids is 1. The van der Waals surface area contributed by atoms with E-state index in [0.29, 0.717) is 6.61 Å². The summed E-state index contributed by atoms with van der Waals surface area (Å²) in [5, 5.41) is 3.02. The minimum atomic E-state index is -1.79. The van der Waals surface area contributed by atoms with Gasteiger partial charge in [0.25, 0.3) is 5.91 Å². The molecule has 28 heavy (non-hydrogen) atoms. The van der Waals surface area contributed by atoms with E-state index in [9.17, 15) is 4.79 Å². The summed E-state index contributed by atoms with van der Waals surface area (Å²) in [6, 6.07) is 15.8. The van der Waals surface area contributed by atoms with Gasteiger partial charge < -0.3 is 15.5 Å². The maximum atomic E-state index is 12.1. The molecule has 0 fully saturated rings. The first-order chi connectivity index (χ1) is 13.1. The van der Waals surface area contributed by atoms with Crippen molar-refractivity contribution >= 4 is 25.6 Å². The number of rotatable bonds is 4. The fraction of sp³-hybridized carbons (Fsp3) is 0.364. The van der Waals surface area contributed by atoms with Crippen LogP contribution in [0.1, 0.15) is 37.5 Å². The van der Waals surface area contributed by atoms with Crippen LogP contribution in [0.4, 0.5) is 5.69 Å². The lowest BCUT2D eigenvalue weighted by atomic mass is 9.99. The van der Waals surface area contributed by atoms with Crippen molar-refractivity contribution in [3.05, 3.63) is 65.2 Å². The van der Waals surface area contributed by atoms with Crippen molar-refractivity contribution in [1.29, 1.82) is 0 Å². The molecule has 0 aliphatic carbocycles. The normalized spacial score (nSPS) is 17.4. The summed E-state index contributed by atoms with van der Waals surface area (Å²) in [6.45, 7) is 11.8. The minimum absolute atomic E-state index is 0.182. The number of para-hydroxylation sites is 1. The number of benzene rings is 2. The monoisotopic (exact) mass is 395 g/mol. The van der Waals surface area contributed by atoms with E-state index in [1.807, 2.05) is 36.4 Å². The van der Waals surface area contributed by atoms with E-state index < -0.39 is 14.5 Å². The maximum absolute atomic E-state index is 12.1. The molecule has 1 unspecified atom stereocenters. The van der Waals surface area contributed by atoms with E-state index in [4.69, 9.17) is 10.2 Å². The van der Waals surface area contributed by atoms with Crippen molar-refractivity contribution in [2.24, 2.45) is 10.7 Å². The molecular formula is C22H29N3O2Si. The van der Waals surface area contributed by atoms with E-state index in [1.54, 1.807) is 0 Å². The third-order valence-electron chi connectivity index (χ3n) is 5.61. The first kappa shape index (κ1) is 20.5. The summed E-state index contributed by atoms with van der Waals surface area (Å²) in [4.78, 5) is 16.6. The second kappa shape index (κ2) is 7.62. The Hall–Kier alpha value is -2.28. The zero-order valence-electron chi connectivity index (χ0n) is 17.2. The van der Waals surface area contributed by atoms with Gasteiger partial charge in [0.2, 0.25) is 0 Å². The van der Waals surface area contributed by atoms with Crippen molar-refractivity contribution in [2.45, 2.75) is 51.7 Å². The molecule has 0 saturated carbocycles. The van der Waals surface area contributed by atoms with Gasteiger partial charge in [0.1, 0.15) is 0 Å². The highest BCUT2D eigenvalue weighted by Gasteiger charge is 2.37. The number of hydrogen-bond donors (Lipinski definition) is 2. The summed E-state index contributed by atoms with van der Waals surface area (Å²) >= 11 is 0. The van der Waals surface area contributed by atoms with Crippen molar-refractivity contribution < 1.29 is 9.22 Å². The van der Waals surface area contributed by atoms with E-state index in [-0.39, 0.29) is 10.9 Å². The maximum Gasteiger partial charge on any atom is 0.263 e. The predicted octanol–water partition coefficient (Wildman–Crippen LogP) is 4.28. The number of hydrogen-bond acceptors (Lipinski definition) is 4. The summed E-state index contributed by atoms with van der Waals surface area (Å²) < 4.78 is 6.31. The molecule has 0 bridgehead atoms. The zero-order valence-corrected chi connectivity index (χ0v) is 18.2. The number of carbonyl (C=O) groups is 1. The molecule has 148 valence electrons. The van der Waals surface area contributed by atoms with Crippen molar-refractivity contribution in [3.8, 4) is 0 Å². The molecule has 0 radical (unpaired) electrons. The smallest absolute Gasteiger partial charge is 0.263 e. The highest BCUT2D eigenvalue weighted by molar-refractivity contribution is 6.74. The molecule has 1 heterocycles. The average Bonchev–Trinajstić information content (AvgIpc) is 2.76. The van der Waals surface area contributed by atoms with Gasteiger partial charge in [0.05, 0.1) is 18.0 Å². The standard InChI is InChI=1S/C22H29N3O2Si/c1-22(2,3)28(4,5)27-14-15-10-12-16(13-11-15)19-17-8-6-7-9-18(17)24-21(26)20(23)25-19/h6-13,20H,14,23H2,1-5H3,(H,24,26). The lowest BCUT2D eigenvalue weighted by molar-refractivity contribution is -0.117. The number of amides is 1. The number of benzodiazepines with no additional fused rings is 1. The van der Waals surface area contributed by atoms with Gasteiger partial charge in [0.15, 0.2) is 14.5 Å². The van der Waals surface area contributed by atoms with Crippen LogP contribution < -0.4 is 11.1 Å². The van der Waals surface area contributed by atoms with Gasteiger partial charge in [-0.25, -0.2) is 0 Å². The van der Waals surface area contributed by atoms with Crippen LogP contribution in [-0.4, -0.2) is 26.1 Å². The summed E-state index contributed by atoms with van der Waals surface area (Å²) in [7, 11) is -1.79. The van der Waals surface area contributed by atoms with Gasteiger partial charge in [-0.2, -0.15) is 0 Å². The number of nitrogens with zero attached hydrogens (tertiary/aromatic N) is 1. The molecular weight excluding hydrogens is 366 g/mol. The van der Waals surface area contributed by atoms with Crippen LogP contribution in [0.5, 0.6) is 0 Å². The van der Waals surface area contributed by atoms with Crippen LogP contribution in [-0.2, 0) is 15.8 Å². The third kappa shape index (κ3) is 4.24. The Morgan fingerprint density at radius 3 is 2.39 bits per heavy atom. The summed E-state index contributed by atoms with van der Waals surface area (Å²) in [6.07, 6.45) is -0.927. The molecule has 0 aromatic heterocycles. The van der Waals surface area contributed by atoms with Crippen molar-refractivity contribution in [1.82, 2.24) is 0 Å². The molecule has 0 spiro atoms. The van der Waals surface area contributed by atoms with Crippen LogP contribution in [0.15, 0.2) is 53.5 Å². The predicted molar refractivity (Wildman–Crippen MR) is 117 cm³/mol. The van der Waals surface area contributed by atoms with E-state index >= 15 is 0 Å². The number of aliphatic imine (C=N–C) groups is 1. The zero-order chi connectivity index (χ0) is 20.5. The van der Waals surface area contributed by atoms with Crippen LogP contribution in [0.2, 0.25) is 18.1 Å². The Morgan fingerprint density at radius 2 is 1.75 bits per heavy atom. The number of nitrogens with two attached hydrogens (primary N) is 1. The molecule has 3 N–H and O–H groups in total. The van der Waals surface area contributed by atoms with Gasteiger partial charge >= 0.3 is 0 Å². The molecule has 0 saturated heterocycles. The highest BCUT2D eigenvalue weighted by atomic mass is 28.4. The van der Waals surface area contributed by atoms with Crippen molar-refractivity contribution in [2.75, 3.05) is 5.32 Å². The fourth-order valence-corrected chi connectivity index (χ4v) is 3.70. The molecule has 1 atom stereocenters. The fourth-order valence-electron chi connectivity index (χ4n) is 2.74. The number of fused-ring (bicyclic) bond motifs is 1. The first-order valence-corrected chi connectivity index (χ1v) is 12.5. The number of anilines is 1. The Bertz CT molecular complexity index is 899. The molecule has 3 rings (SSSR count). The largest absolute Gasteiger partial charge is 0.413 e. The molecule has 2 aromatic rings. The minimum Gasteiger partial charge on any atom is -0.413 e. The van der Waals surface area contributed by atoms with Crippen LogP contribution in [0.25, 0.3) is 0 Å². The number of nitrogens with one attached hydrogen (secondary N) is 1. The van der Waals surface area contributed by atoms with Crippen LogP contribution in [0, 0.1) is 0 Å². The molecule has 5 nitrogen and oxygen atoms in total. The lowest BCUT2D eigenvalue weighted by Gasteiger charge is -2.36. The second-order valence-corrected chi connectivity index (χ2v) is 13.5. The SMILES string of the molecule is CC(C)(C)[Si](C)(C)OCc1ccc(C2=NC(N)C(=O)Nc3ccccc32)cc1. The molecule has 1 aliphatic heterocycles. The Kier molecular flexibility index (Phi) is 5.57. The molecule has 1 amide bonds. The Labute approximate surface area is 168 Å². The van der Waals surface area contributed by atoms with E-state index in [2.05, 4.69) is 56.3 Å². The molecule has 6 heteroatoms. The lowest BCUT2D eigenvalue weighted by Crippen LogP contribution is -2.40. The van der Waals surface area contributed by atoms with Gasteiger partial charge in [-0.1, -0.05) is 63.2 Å². The second-order valence-electron chi connectivity index (χ2n) is 8.70. The topological polar surface area (TPSA) is 76.7 Å². The summed E-state index contributed by atoms with van der Waals surface area (Å²) in [5.74, 6) is -0.304. The Morgan fingerprint density at radius 1 is 1.11 bits per heavy atom. The van der Waals surface area contributed by atoms with Gasteiger partial charge in [-0.3, -0.25) is 9.79 Å². The van der Waals surface area contributed by atoms with E-state index in [1.165, 1.54) is 0 Å². The van der Waals surface area contributed by atoms with Crippen LogP contribution in [0.3, 0.4) is 0 Å². The van der Waals surface area contributed by atoms with Gasteiger partial charge in [-0.05, 0) is 29.8 Å².